The second-order valence-corrected chi connectivity index (χ2v) is 6.64. The first-order valence-electron chi connectivity index (χ1n) is 8.31. The minimum absolute atomic E-state index is 0.0820. The number of nitrogens with one attached hydrogen (secondary N) is 1. The number of nitrogens with zero attached hydrogens (tertiary/aromatic N) is 1. The minimum Gasteiger partial charge on any atom is -0.338 e. The smallest absolute Gasteiger partial charge is 0.267 e. The first kappa shape index (κ1) is 18.2. The summed E-state index contributed by atoms with van der Waals surface area (Å²) in [7, 11) is 0. The molecule has 0 fully saturated rings. The van der Waals surface area contributed by atoms with Crippen molar-refractivity contribution in [2.45, 2.75) is 19.4 Å². The minimum atomic E-state index is -0.581. The van der Waals surface area contributed by atoms with Crippen LogP contribution in [0.25, 0.3) is 6.08 Å². The molecule has 5 nitrogen and oxygen atoms in total. The van der Waals surface area contributed by atoms with Crippen molar-refractivity contribution < 1.29 is 14.8 Å². The Morgan fingerprint density at radius 1 is 1.15 bits per heavy atom. The highest BCUT2D eigenvalue weighted by Crippen LogP contribution is 2.22. The Labute approximate surface area is 156 Å². The Hall–Kier alpha value is -2.63. The van der Waals surface area contributed by atoms with E-state index in [0.29, 0.717) is 24.5 Å². The van der Waals surface area contributed by atoms with Crippen molar-refractivity contribution in [2.75, 3.05) is 6.54 Å². The van der Waals surface area contributed by atoms with Gasteiger partial charge in [0.15, 0.2) is 0 Å². The van der Waals surface area contributed by atoms with E-state index in [1.54, 1.807) is 23.7 Å². The molecule has 1 aliphatic rings. The average Bonchev–Trinajstić information content (AvgIpc) is 2.67. The summed E-state index contributed by atoms with van der Waals surface area (Å²) in [5.74, 6) is -0.499. The third-order valence-electron chi connectivity index (χ3n) is 4.40. The van der Waals surface area contributed by atoms with Gasteiger partial charge in [-0.05, 0) is 52.9 Å². The van der Waals surface area contributed by atoms with Crippen LogP contribution in [0.2, 0.25) is 5.02 Å². The molecule has 0 aromatic heterocycles. The van der Waals surface area contributed by atoms with E-state index in [1.807, 2.05) is 35.2 Å². The van der Waals surface area contributed by atoms with Gasteiger partial charge in [-0.25, -0.2) is 5.48 Å². The van der Waals surface area contributed by atoms with Gasteiger partial charge in [-0.1, -0.05) is 35.9 Å². The first-order chi connectivity index (χ1) is 12.5. The SMILES string of the molecule is O=C(/C=C/c1ccc2c(c1)CN(C(=O)Cc1ccc(Cl)cc1)CC2)NO. The summed E-state index contributed by atoms with van der Waals surface area (Å²) in [6, 6.07) is 13.2. The zero-order valence-corrected chi connectivity index (χ0v) is 14.9. The zero-order chi connectivity index (χ0) is 18.5. The molecule has 0 saturated carbocycles. The summed E-state index contributed by atoms with van der Waals surface area (Å²) in [5, 5.41) is 9.19. The van der Waals surface area contributed by atoms with Crippen LogP contribution in [-0.4, -0.2) is 28.5 Å². The highest BCUT2D eigenvalue weighted by Gasteiger charge is 2.20. The molecule has 0 aliphatic carbocycles. The molecule has 0 saturated heterocycles. The van der Waals surface area contributed by atoms with Gasteiger partial charge in [0.2, 0.25) is 5.91 Å². The topological polar surface area (TPSA) is 69.6 Å². The molecule has 0 unspecified atom stereocenters. The molecule has 1 aliphatic heterocycles. The lowest BCUT2D eigenvalue weighted by Crippen LogP contribution is -2.36. The Morgan fingerprint density at radius 3 is 2.65 bits per heavy atom. The Morgan fingerprint density at radius 2 is 1.92 bits per heavy atom. The number of carbonyl (C=O) groups is 2. The quantitative estimate of drug-likeness (QED) is 0.494. The van der Waals surface area contributed by atoms with Gasteiger partial charge < -0.3 is 4.90 Å². The molecule has 0 bridgehead atoms. The van der Waals surface area contributed by atoms with Crippen LogP contribution >= 0.6 is 11.6 Å². The van der Waals surface area contributed by atoms with E-state index in [0.717, 1.165) is 23.1 Å². The van der Waals surface area contributed by atoms with E-state index >= 15 is 0 Å². The number of hydrogen-bond donors (Lipinski definition) is 2. The summed E-state index contributed by atoms with van der Waals surface area (Å²) in [6.45, 7) is 1.25. The van der Waals surface area contributed by atoms with Crippen molar-refractivity contribution in [3.63, 3.8) is 0 Å². The number of rotatable bonds is 4. The molecule has 3 rings (SSSR count). The van der Waals surface area contributed by atoms with Crippen LogP contribution in [0.4, 0.5) is 0 Å². The van der Waals surface area contributed by atoms with Crippen molar-refractivity contribution in [1.29, 1.82) is 0 Å². The third-order valence-corrected chi connectivity index (χ3v) is 4.65. The Bertz CT molecular complexity index is 847. The highest BCUT2D eigenvalue weighted by atomic mass is 35.5. The molecule has 6 heteroatoms. The van der Waals surface area contributed by atoms with Gasteiger partial charge in [0, 0.05) is 24.2 Å². The molecule has 0 atom stereocenters. The Kier molecular flexibility index (Phi) is 5.71. The maximum atomic E-state index is 12.6. The average molecular weight is 371 g/mol. The monoisotopic (exact) mass is 370 g/mol. The molecule has 1 heterocycles. The van der Waals surface area contributed by atoms with E-state index in [-0.39, 0.29) is 5.91 Å². The molecule has 0 spiro atoms. The summed E-state index contributed by atoms with van der Waals surface area (Å²) >= 11 is 5.88. The predicted octanol–water partition coefficient (Wildman–Crippen LogP) is 2.99. The lowest BCUT2D eigenvalue weighted by atomic mass is 9.96. The molecule has 26 heavy (non-hydrogen) atoms. The number of fused-ring (bicyclic) bond motifs is 1. The number of amides is 2. The lowest BCUT2D eigenvalue weighted by Gasteiger charge is -2.29. The number of hydroxylamine groups is 1. The second-order valence-electron chi connectivity index (χ2n) is 6.21. The first-order valence-corrected chi connectivity index (χ1v) is 8.69. The number of halogens is 1. The molecular formula is C20H19ClN2O3. The molecule has 0 radical (unpaired) electrons. The number of carbonyl (C=O) groups excluding carboxylic acids is 2. The van der Waals surface area contributed by atoms with Gasteiger partial charge in [-0.2, -0.15) is 0 Å². The maximum Gasteiger partial charge on any atom is 0.267 e. The van der Waals surface area contributed by atoms with Crippen LogP contribution < -0.4 is 5.48 Å². The van der Waals surface area contributed by atoms with Gasteiger partial charge in [-0.15, -0.1) is 0 Å². The second kappa shape index (κ2) is 8.17. The standard InChI is InChI=1S/C20H19ClN2O3/c21-18-6-2-15(3-7-18)12-20(25)23-10-9-16-5-1-14(11-17(16)13-23)4-8-19(24)22-26/h1-8,11,26H,9-10,12-13H2,(H,22,24)/b8-4+. The summed E-state index contributed by atoms with van der Waals surface area (Å²) < 4.78 is 0. The molecule has 2 aromatic carbocycles. The van der Waals surface area contributed by atoms with Crippen LogP contribution in [0, 0.1) is 0 Å². The fraction of sp³-hybridized carbons (Fsp3) is 0.200. The van der Waals surface area contributed by atoms with Crippen molar-refractivity contribution >= 4 is 29.5 Å². The summed E-state index contributed by atoms with van der Waals surface area (Å²) in [4.78, 5) is 25.6. The molecular weight excluding hydrogens is 352 g/mol. The highest BCUT2D eigenvalue weighted by molar-refractivity contribution is 6.30. The molecule has 2 aromatic rings. The molecule has 134 valence electrons. The van der Waals surface area contributed by atoms with Gasteiger partial charge in [0.25, 0.3) is 5.91 Å². The van der Waals surface area contributed by atoms with Crippen LogP contribution in [0.5, 0.6) is 0 Å². The van der Waals surface area contributed by atoms with Crippen molar-refractivity contribution in [2.24, 2.45) is 0 Å². The number of benzene rings is 2. The van der Waals surface area contributed by atoms with E-state index in [1.165, 1.54) is 11.6 Å². The van der Waals surface area contributed by atoms with Crippen LogP contribution in [0.15, 0.2) is 48.5 Å². The third kappa shape index (κ3) is 4.50. The molecule has 2 amide bonds. The van der Waals surface area contributed by atoms with E-state index < -0.39 is 5.91 Å². The van der Waals surface area contributed by atoms with Crippen LogP contribution in [0.1, 0.15) is 22.3 Å². The fourth-order valence-corrected chi connectivity index (χ4v) is 3.12. The summed E-state index contributed by atoms with van der Waals surface area (Å²) in [6.07, 6.45) is 4.04. The van der Waals surface area contributed by atoms with Crippen molar-refractivity contribution in [3.05, 3.63) is 75.8 Å². The largest absolute Gasteiger partial charge is 0.338 e. The van der Waals surface area contributed by atoms with E-state index in [9.17, 15) is 9.59 Å². The van der Waals surface area contributed by atoms with Gasteiger partial charge in [-0.3, -0.25) is 14.8 Å². The fourth-order valence-electron chi connectivity index (χ4n) is 2.99. The Balaban J connectivity index is 1.69. The van der Waals surface area contributed by atoms with Crippen LogP contribution in [0.3, 0.4) is 0 Å². The maximum absolute atomic E-state index is 12.6. The predicted molar refractivity (Wildman–Crippen MR) is 99.7 cm³/mol. The zero-order valence-electron chi connectivity index (χ0n) is 14.1. The van der Waals surface area contributed by atoms with E-state index in [2.05, 4.69) is 0 Å². The normalized spacial score (nSPS) is 13.5. The van der Waals surface area contributed by atoms with Crippen LogP contribution in [-0.2, 0) is 29.0 Å². The van der Waals surface area contributed by atoms with Gasteiger partial charge >= 0.3 is 0 Å². The summed E-state index contributed by atoms with van der Waals surface area (Å²) in [5.41, 5.74) is 5.64. The van der Waals surface area contributed by atoms with Gasteiger partial charge in [0.05, 0.1) is 6.42 Å². The van der Waals surface area contributed by atoms with Crippen molar-refractivity contribution in [1.82, 2.24) is 10.4 Å². The number of hydrogen-bond acceptors (Lipinski definition) is 3. The lowest BCUT2D eigenvalue weighted by molar-refractivity contribution is -0.131. The van der Waals surface area contributed by atoms with E-state index in [4.69, 9.17) is 16.8 Å². The molecule has 2 N–H and O–H groups in total. The van der Waals surface area contributed by atoms with Crippen molar-refractivity contribution in [3.8, 4) is 0 Å². The van der Waals surface area contributed by atoms with Gasteiger partial charge in [0.1, 0.15) is 0 Å².